The van der Waals surface area contributed by atoms with Crippen LogP contribution in [-0.2, 0) is 20.8 Å². The normalized spacial score (nSPS) is 16.8. The number of piperidine rings is 1. The first-order chi connectivity index (χ1) is 14.4. The molecule has 170 valence electrons. The molecule has 1 aromatic carbocycles. The highest BCUT2D eigenvalue weighted by Crippen LogP contribution is 2.19. The number of ether oxygens (including phenoxy) is 3. The van der Waals surface area contributed by atoms with Crippen molar-refractivity contribution >= 4 is 5.97 Å². The molecule has 1 atom stereocenters. The molecule has 1 fully saturated rings. The molecular weight excluding hydrogens is 384 g/mol. The van der Waals surface area contributed by atoms with Gasteiger partial charge in [0.15, 0.2) is 0 Å². The smallest absolute Gasteiger partial charge is 0.308 e. The van der Waals surface area contributed by atoms with Gasteiger partial charge in [-0.3, -0.25) is 9.69 Å². The number of esters is 1. The second-order valence-electron chi connectivity index (χ2n) is 8.26. The van der Waals surface area contributed by atoms with E-state index in [0.29, 0.717) is 12.6 Å². The molecule has 0 spiro atoms. The van der Waals surface area contributed by atoms with Gasteiger partial charge >= 0.3 is 5.97 Å². The van der Waals surface area contributed by atoms with Crippen molar-refractivity contribution in [2.24, 2.45) is 5.92 Å². The second kappa shape index (κ2) is 12.9. The maximum absolute atomic E-state index is 11.6. The summed E-state index contributed by atoms with van der Waals surface area (Å²) >= 11 is 0. The SMILES string of the molecule is COCCN(Cc1ccc(OCC(O)CN2CCC(C(=O)OC)CC2)cc1)C(C)C. The number of likely N-dealkylation sites (tertiary alicyclic amines) is 1. The van der Waals surface area contributed by atoms with Gasteiger partial charge in [0.25, 0.3) is 0 Å². The van der Waals surface area contributed by atoms with Gasteiger partial charge in [-0.05, 0) is 57.5 Å². The number of carbonyl (C=O) groups excluding carboxylic acids is 1. The largest absolute Gasteiger partial charge is 0.491 e. The summed E-state index contributed by atoms with van der Waals surface area (Å²) in [6, 6.07) is 8.50. The molecule has 7 nitrogen and oxygen atoms in total. The highest BCUT2D eigenvalue weighted by molar-refractivity contribution is 5.72. The van der Waals surface area contributed by atoms with E-state index in [1.165, 1.54) is 12.7 Å². The number of aliphatic hydroxyl groups excluding tert-OH is 1. The van der Waals surface area contributed by atoms with Crippen LogP contribution >= 0.6 is 0 Å². The van der Waals surface area contributed by atoms with E-state index in [-0.39, 0.29) is 18.5 Å². The summed E-state index contributed by atoms with van der Waals surface area (Å²) < 4.78 is 15.8. The third kappa shape index (κ3) is 8.22. The summed E-state index contributed by atoms with van der Waals surface area (Å²) in [7, 11) is 3.16. The van der Waals surface area contributed by atoms with Crippen LogP contribution in [-0.4, -0.2) is 86.6 Å². The fraction of sp³-hybridized carbons (Fsp3) is 0.696. The van der Waals surface area contributed by atoms with Crippen molar-refractivity contribution in [3.8, 4) is 5.75 Å². The van der Waals surface area contributed by atoms with Crippen molar-refractivity contribution in [2.75, 3.05) is 53.6 Å². The van der Waals surface area contributed by atoms with Crippen LogP contribution in [0.4, 0.5) is 0 Å². The Morgan fingerprint density at radius 3 is 2.43 bits per heavy atom. The molecule has 1 aromatic rings. The van der Waals surface area contributed by atoms with E-state index < -0.39 is 6.10 Å². The van der Waals surface area contributed by atoms with E-state index in [1.54, 1.807) is 7.11 Å². The number of carbonyl (C=O) groups is 1. The first kappa shape index (κ1) is 24.6. The molecule has 0 saturated carbocycles. The zero-order valence-electron chi connectivity index (χ0n) is 18.9. The van der Waals surface area contributed by atoms with Crippen molar-refractivity contribution in [3.63, 3.8) is 0 Å². The van der Waals surface area contributed by atoms with Crippen LogP contribution in [0.5, 0.6) is 5.75 Å². The number of hydrogen-bond donors (Lipinski definition) is 1. The van der Waals surface area contributed by atoms with Crippen LogP contribution in [0.25, 0.3) is 0 Å². The molecule has 0 aromatic heterocycles. The molecule has 2 rings (SSSR count). The van der Waals surface area contributed by atoms with Crippen LogP contribution in [0.1, 0.15) is 32.3 Å². The first-order valence-corrected chi connectivity index (χ1v) is 10.9. The number of nitrogens with zero attached hydrogens (tertiary/aromatic N) is 2. The number of aliphatic hydroxyl groups is 1. The molecule has 7 heteroatoms. The Morgan fingerprint density at radius 1 is 1.20 bits per heavy atom. The number of rotatable bonds is 12. The standard InChI is InChI=1S/C23H38N2O5/c1-18(2)25(13-14-28-3)15-19-5-7-22(8-6-19)30-17-21(26)16-24-11-9-20(10-12-24)23(27)29-4/h5-8,18,20-21,26H,9-17H2,1-4H3. The minimum Gasteiger partial charge on any atom is -0.491 e. The van der Waals surface area contributed by atoms with E-state index in [4.69, 9.17) is 14.2 Å². The summed E-state index contributed by atoms with van der Waals surface area (Å²) in [6.45, 7) is 9.25. The highest BCUT2D eigenvalue weighted by atomic mass is 16.5. The van der Waals surface area contributed by atoms with Gasteiger partial charge in [-0.1, -0.05) is 12.1 Å². The predicted octanol–water partition coefficient (Wildman–Crippen LogP) is 2.17. The average Bonchev–Trinajstić information content (AvgIpc) is 2.75. The Balaban J connectivity index is 1.72. The van der Waals surface area contributed by atoms with Crippen molar-refractivity contribution < 1.29 is 24.1 Å². The van der Waals surface area contributed by atoms with E-state index in [0.717, 1.165) is 51.4 Å². The minimum atomic E-state index is -0.565. The fourth-order valence-electron chi connectivity index (χ4n) is 3.72. The average molecular weight is 423 g/mol. The van der Waals surface area contributed by atoms with Gasteiger partial charge in [0.1, 0.15) is 18.5 Å². The Kier molecular flexibility index (Phi) is 10.6. The molecule has 0 aliphatic carbocycles. The molecule has 1 saturated heterocycles. The maximum atomic E-state index is 11.6. The van der Waals surface area contributed by atoms with Gasteiger partial charge in [-0.2, -0.15) is 0 Å². The fourth-order valence-corrected chi connectivity index (χ4v) is 3.72. The van der Waals surface area contributed by atoms with Gasteiger partial charge < -0.3 is 24.2 Å². The quantitative estimate of drug-likeness (QED) is 0.518. The zero-order valence-corrected chi connectivity index (χ0v) is 18.9. The summed E-state index contributed by atoms with van der Waals surface area (Å²) in [5.74, 6) is 0.617. The Hall–Kier alpha value is -1.67. The van der Waals surface area contributed by atoms with Crippen LogP contribution in [0.2, 0.25) is 0 Å². The zero-order chi connectivity index (χ0) is 21.9. The lowest BCUT2D eigenvalue weighted by Crippen LogP contribution is -2.42. The van der Waals surface area contributed by atoms with Crippen molar-refractivity contribution in [3.05, 3.63) is 29.8 Å². The van der Waals surface area contributed by atoms with Gasteiger partial charge in [-0.25, -0.2) is 0 Å². The third-order valence-corrected chi connectivity index (χ3v) is 5.66. The lowest BCUT2D eigenvalue weighted by molar-refractivity contribution is -0.147. The summed E-state index contributed by atoms with van der Waals surface area (Å²) in [5, 5.41) is 10.3. The maximum Gasteiger partial charge on any atom is 0.308 e. The van der Waals surface area contributed by atoms with Gasteiger partial charge in [0, 0.05) is 32.8 Å². The number of hydrogen-bond acceptors (Lipinski definition) is 7. The number of methoxy groups -OCH3 is 2. The van der Waals surface area contributed by atoms with Crippen LogP contribution in [0.3, 0.4) is 0 Å². The van der Waals surface area contributed by atoms with Crippen molar-refractivity contribution in [2.45, 2.75) is 45.4 Å². The van der Waals surface area contributed by atoms with Crippen LogP contribution < -0.4 is 4.74 Å². The van der Waals surface area contributed by atoms with Gasteiger partial charge in [0.2, 0.25) is 0 Å². The van der Waals surface area contributed by atoms with Crippen LogP contribution in [0.15, 0.2) is 24.3 Å². The second-order valence-corrected chi connectivity index (χ2v) is 8.26. The molecule has 1 aliphatic heterocycles. The topological polar surface area (TPSA) is 71.5 Å². The molecule has 1 aliphatic rings. The minimum absolute atomic E-state index is 0.0146. The Labute approximate surface area is 180 Å². The van der Waals surface area contributed by atoms with E-state index >= 15 is 0 Å². The molecule has 30 heavy (non-hydrogen) atoms. The lowest BCUT2D eigenvalue weighted by atomic mass is 9.97. The molecular formula is C23H38N2O5. The van der Waals surface area contributed by atoms with Gasteiger partial charge in [-0.15, -0.1) is 0 Å². The summed E-state index contributed by atoms with van der Waals surface area (Å²) in [6.07, 6.45) is 0.990. The van der Waals surface area contributed by atoms with Crippen molar-refractivity contribution in [1.29, 1.82) is 0 Å². The monoisotopic (exact) mass is 422 g/mol. The number of benzene rings is 1. The molecule has 0 bridgehead atoms. The summed E-state index contributed by atoms with van der Waals surface area (Å²) in [4.78, 5) is 16.1. The lowest BCUT2D eigenvalue weighted by Gasteiger charge is -2.31. The summed E-state index contributed by atoms with van der Waals surface area (Å²) in [5.41, 5.74) is 1.22. The van der Waals surface area contributed by atoms with Crippen molar-refractivity contribution in [1.82, 2.24) is 9.80 Å². The molecule has 0 amide bonds. The predicted molar refractivity (Wildman–Crippen MR) is 117 cm³/mol. The Bertz CT molecular complexity index is 615. The molecule has 0 radical (unpaired) electrons. The van der Waals surface area contributed by atoms with Crippen LogP contribution in [0, 0.1) is 5.92 Å². The highest BCUT2D eigenvalue weighted by Gasteiger charge is 2.26. The number of β-amino-alcohol motifs (C(OH)–C–C–N with tert-alkyl or cyclic N) is 1. The van der Waals surface area contributed by atoms with E-state index in [1.807, 2.05) is 12.1 Å². The third-order valence-electron chi connectivity index (χ3n) is 5.66. The molecule has 1 N–H and O–H groups in total. The van der Waals surface area contributed by atoms with E-state index in [2.05, 4.69) is 35.8 Å². The Morgan fingerprint density at radius 2 is 1.87 bits per heavy atom. The van der Waals surface area contributed by atoms with Gasteiger partial charge in [0.05, 0.1) is 19.6 Å². The molecule has 1 unspecified atom stereocenters. The molecule has 1 heterocycles. The van der Waals surface area contributed by atoms with E-state index in [9.17, 15) is 9.90 Å². The first-order valence-electron chi connectivity index (χ1n) is 10.9.